The monoisotopic (exact) mass is 364 g/mol. The van der Waals surface area contributed by atoms with E-state index in [2.05, 4.69) is 15.3 Å². The SMILES string of the molecule is CC1=CC(=O)NC2=CC(=NC(=O)c3sc(-n4cccc4)nc3C)C=CC12. The zero-order valence-electron chi connectivity index (χ0n) is 14.3. The van der Waals surface area contributed by atoms with Crippen molar-refractivity contribution in [1.29, 1.82) is 0 Å². The molecule has 26 heavy (non-hydrogen) atoms. The highest BCUT2D eigenvalue weighted by molar-refractivity contribution is 7.16. The Hall–Kier alpha value is -3.06. The molecule has 1 N–H and O–H groups in total. The Bertz CT molecular complexity index is 1020. The van der Waals surface area contributed by atoms with Gasteiger partial charge in [-0.3, -0.25) is 9.59 Å². The van der Waals surface area contributed by atoms with Crippen LogP contribution >= 0.6 is 11.3 Å². The van der Waals surface area contributed by atoms with Crippen LogP contribution in [0, 0.1) is 12.8 Å². The maximum absolute atomic E-state index is 12.6. The Balaban J connectivity index is 1.62. The van der Waals surface area contributed by atoms with E-state index in [-0.39, 0.29) is 17.7 Å². The predicted octanol–water partition coefficient (Wildman–Crippen LogP) is 2.97. The van der Waals surface area contributed by atoms with Crippen molar-refractivity contribution in [2.75, 3.05) is 0 Å². The quantitative estimate of drug-likeness (QED) is 0.890. The number of aryl methyl sites for hydroxylation is 1. The first-order valence-electron chi connectivity index (χ1n) is 8.14. The number of carbonyl (C=O) groups is 2. The van der Waals surface area contributed by atoms with E-state index in [9.17, 15) is 9.59 Å². The summed E-state index contributed by atoms with van der Waals surface area (Å²) in [6.07, 6.45) is 10.9. The van der Waals surface area contributed by atoms with Crippen molar-refractivity contribution in [3.8, 4) is 5.13 Å². The minimum Gasteiger partial charge on any atom is -0.325 e. The summed E-state index contributed by atoms with van der Waals surface area (Å²) in [4.78, 5) is 33.5. The van der Waals surface area contributed by atoms with Gasteiger partial charge in [0.05, 0.1) is 11.4 Å². The van der Waals surface area contributed by atoms with Crippen molar-refractivity contribution < 1.29 is 9.59 Å². The van der Waals surface area contributed by atoms with Gasteiger partial charge in [-0.1, -0.05) is 23.0 Å². The first-order chi connectivity index (χ1) is 12.5. The number of nitrogens with zero attached hydrogens (tertiary/aromatic N) is 3. The lowest BCUT2D eigenvalue weighted by molar-refractivity contribution is -0.116. The zero-order chi connectivity index (χ0) is 18.3. The molecule has 0 fully saturated rings. The lowest BCUT2D eigenvalue weighted by atomic mass is 9.89. The smallest absolute Gasteiger partial charge is 0.289 e. The van der Waals surface area contributed by atoms with Crippen LogP contribution in [0.5, 0.6) is 0 Å². The maximum atomic E-state index is 12.6. The summed E-state index contributed by atoms with van der Waals surface area (Å²) < 4.78 is 1.86. The highest BCUT2D eigenvalue weighted by Gasteiger charge is 2.24. The molecule has 0 bridgehead atoms. The maximum Gasteiger partial charge on any atom is 0.289 e. The first kappa shape index (κ1) is 16.4. The van der Waals surface area contributed by atoms with Crippen LogP contribution in [0.3, 0.4) is 0 Å². The van der Waals surface area contributed by atoms with Gasteiger partial charge in [-0.15, -0.1) is 0 Å². The Labute approximate surface area is 154 Å². The third-order valence-electron chi connectivity index (χ3n) is 4.25. The molecular formula is C19H16N4O2S. The van der Waals surface area contributed by atoms with Gasteiger partial charge in [-0.2, -0.15) is 0 Å². The van der Waals surface area contributed by atoms with Gasteiger partial charge in [0.2, 0.25) is 5.91 Å². The van der Waals surface area contributed by atoms with Gasteiger partial charge in [0.1, 0.15) is 4.88 Å². The first-order valence-corrected chi connectivity index (χ1v) is 8.95. The van der Waals surface area contributed by atoms with Crippen molar-refractivity contribution >= 4 is 28.9 Å². The molecule has 2 aliphatic rings. The molecule has 1 unspecified atom stereocenters. The van der Waals surface area contributed by atoms with E-state index in [4.69, 9.17) is 0 Å². The number of hydrogen-bond donors (Lipinski definition) is 1. The molecule has 7 heteroatoms. The van der Waals surface area contributed by atoms with E-state index in [1.165, 1.54) is 11.3 Å². The third kappa shape index (κ3) is 2.97. The lowest BCUT2D eigenvalue weighted by Crippen LogP contribution is -2.32. The fourth-order valence-electron chi connectivity index (χ4n) is 2.97. The standard InChI is InChI=1S/C19H16N4O2S/c1-11-9-16(24)22-15-10-13(5-6-14(11)15)21-18(25)17-12(2)20-19(26-17)23-7-3-4-8-23/h3-10,14H,1-2H3,(H,22,24). The van der Waals surface area contributed by atoms with E-state index in [1.54, 1.807) is 19.1 Å². The van der Waals surface area contributed by atoms with E-state index in [0.29, 0.717) is 16.3 Å². The van der Waals surface area contributed by atoms with Gasteiger partial charge in [0, 0.05) is 30.1 Å². The molecule has 0 aromatic carbocycles. The minimum atomic E-state index is -0.331. The number of aromatic nitrogens is 2. The van der Waals surface area contributed by atoms with Gasteiger partial charge < -0.3 is 9.88 Å². The molecule has 2 aromatic rings. The van der Waals surface area contributed by atoms with Crippen molar-refractivity contribution in [3.63, 3.8) is 0 Å². The average Bonchev–Trinajstić information content (AvgIpc) is 3.23. The third-order valence-corrected chi connectivity index (χ3v) is 5.41. The molecule has 1 aliphatic carbocycles. The van der Waals surface area contributed by atoms with E-state index >= 15 is 0 Å². The van der Waals surface area contributed by atoms with Crippen molar-refractivity contribution in [2.45, 2.75) is 13.8 Å². The predicted molar refractivity (Wildman–Crippen MR) is 101 cm³/mol. The molecule has 3 heterocycles. The number of amides is 2. The van der Waals surface area contributed by atoms with Gasteiger partial charge in [0.15, 0.2) is 5.13 Å². The van der Waals surface area contributed by atoms with Crippen molar-refractivity contribution in [3.05, 3.63) is 70.7 Å². The molecule has 0 radical (unpaired) electrons. The molecule has 130 valence electrons. The Morgan fingerprint density at radius 2 is 2.04 bits per heavy atom. The summed E-state index contributed by atoms with van der Waals surface area (Å²) in [5, 5.41) is 3.55. The minimum absolute atomic E-state index is 0.0345. The second-order valence-corrected chi connectivity index (χ2v) is 7.13. The van der Waals surface area contributed by atoms with Crippen LogP contribution in [0.1, 0.15) is 22.3 Å². The summed E-state index contributed by atoms with van der Waals surface area (Å²) >= 11 is 1.31. The summed E-state index contributed by atoms with van der Waals surface area (Å²) in [5.74, 6) is -0.448. The van der Waals surface area contributed by atoms with Crippen molar-refractivity contribution in [2.24, 2.45) is 10.9 Å². The number of rotatable bonds is 2. The molecule has 0 spiro atoms. The van der Waals surface area contributed by atoms with Crippen LogP contribution in [-0.2, 0) is 4.79 Å². The van der Waals surface area contributed by atoms with Crippen LogP contribution in [0.4, 0.5) is 0 Å². The number of nitrogens with one attached hydrogen (secondary N) is 1. The molecule has 0 saturated heterocycles. The largest absolute Gasteiger partial charge is 0.325 e. The molecule has 6 nitrogen and oxygen atoms in total. The van der Waals surface area contributed by atoms with Gasteiger partial charge in [-0.25, -0.2) is 9.98 Å². The molecule has 1 aliphatic heterocycles. The normalized spacial score (nSPS) is 20.5. The molecular weight excluding hydrogens is 348 g/mol. The van der Waals surface area contributed by atoms with E-state index < -0.39 is 0 Å². The van der Waals surface area contributed by atoms with Gasteiger partial charge >= 0.3 is 0 Å². The van der Waals surface area contributed by atoms with Gasteiger partial charge in [-0.05, 0) is 38.1 Å². The summed E-state index contributed by atoms with van der Waals surface area (Å²) in [6, 6.07) is 3.81. The molecule has 0 saturated carbocycles. The topological polar surface area (TPSA) is 76.3 Å². The second-order valence-electron chi connectivity index (χ2n) is 6.16. The highest BCUT2D eigenvalue weighted by atomic mass is 32.1. The van der Waals surface area contributed by atoms with Crippen LogP contribution in [0.15, 0.2) is 65.1 Å². The fraction of sp³-hybridized carbons (Fsp3) is 0.158. The van der Waals surface area contributed by atoms with E-state index in [1.807, 2.05) is 48.2 Å². The number of aliphatic imine (C=N–C) groups is 1. The molecule has 2 aromatic heterocycles. The Kier molecular flexibility index (Phi) is 4.00. The van der Waals surface area contributed by atoms with Crippen LogP contribution in [-0.4, -0.2) is 27.1 Å². The van der Waals surface area contributed by atoms with Gasteiger partial charge in [0.25, 0.3) is 5.91 Å². The fourth-order valence-corrected chi connectivity index (χ4v) is 3.89. The number of carbonyl (C=O) groups excluding carboxylic acids is 2. The number of allylic oxidation sites excluding steroid dienone is 3. The van der Waals surface area contributed by atoms with Crippen LogP contribution < -0.4 is 5.32 Å². The lowest BCUT2D eigenvalue weighted by Gasteiger charge is -2.25. The summed E-state index contributed by atoms with van der Waals surface area (Å²) in [7, 11) is 0. The number of thiazole rings is 1. The Morgan fingerprint density at radius 1 is 1.27 bits per heavy atom. The second kappa shape index (κ2) is 6.34. The highest BCUT2D eigenvalue weighted by Crippen LogP contribution is 2.27. The summed E-state index contributed by atoms with van der Waals surface area (Å²) in [6.45, 7) is 3.72. The molecule has 4 rings (SSSR count). The van der Waals surface area contributed by atoms with E-state index in [0.717, 1.165) is 16.4 Å². The number of fused-ring (bicyclic) bond motifs is 1. The number of hydrogen-bond acceptors (Lipinski definition) is 4. The molecule has 1 atom stereocenters. The zero-order valence-corrected chi connectivity index (χ0v) is 15.1. The summed E-state index contributed by atoms with van der Waals surface area (Å²) in [5.41, 5.74) is 2.89. The molecule has 2 amide bonds. The Morgan fingerprint density at radius 3 is 2.81 bits per heavy atom. The van der Waals surface area contributed by atoms with Crippen molar-refractivity contribution in [1.82, 2.24) is 14.9 Å². The average molecular weight is 364 g/mol. The van der Waals surface area contributed by atoms with Crippen LogP contribution in [0.25, 0.3) is 5.13 Å². The van der Waals surface area contributed by atoms with Crippen LogP contribution in [0.2, 0.25) is 0 Å².